The number of sulfonamides is 1. The Kier molecular flexibility index (Phi) is 4.85. The van der Waals surface area contributed by atoms with Crippen LogP contribution in [0.25, 0.3) is 10.9 Å². The monoisotopic (exact) mass is 355 g/mol. The number of primary sulfonamides is 1. The van der Waals surface area contributed by atoms with Crippen LogP contribution < -0.4 is 5.14 Å². The highest BCUT2D eigenvalue weighted by Gasteiger charge is 2.15. The predicted molar refractivity (Wildman–Crippen MR) is 99.4 cm³/mol. The van der Waals surface area contributed by atoms with Crippen LogP contribution >= 0.6 is 0 Å². The van der Waals surface area contributed by atoms with Crippen molar-refractivity contribution < 1.29 is 8.42 Å². The van der Waals surface area contributed by atoms with Crippen LogP contribution in [0.2, 0.25) is 0 Å². The molecule has 6 heteroatoms. The lowest BCUT2D eigenvalue weighted by molar-refractivity contribution is 0.254. The van der Waals surface area contributed by atoms with E-state index in [0.717, 1.165) is 28.6 Å². The second kappa shape index (κ2) is 6.92. The molecule has 2 N–H and O–H groups in total. The van der Waals surface area contributed by atoms with Gasteiger partial charge in [0, 0.05) is 24.2 Å². The molecule has 0 aliphatic heterocycles. The van der Waals surface area contributed by atoms with Crippen LogP contribution in [0.15, 0.2) is 65.7 Å². The Morgan fingerprint density at radius 3 is 2.44 bits per heavy atom. The summed E-state index contributed by atoms with van der Waals surface area (Å²) < 4.78 is 22.7. The summed E-state index contributed by atoms with van der Waals surface area (Å²) in [6.45, 7) is 2.83. The minimum absolute atomic E-state index is 0.119. The van der Waals surface area contributed by atoms with Crippen molar-refractivity contribution in [3.8, 4) is 0 Å². The van der Waals surface area contributed by atoms with Crippen molar-refractivity contribution in [2.24, 2.45) is 5.14 Å². The lowest BCUT2D eigenvalue weighted by Gasteiger charge is -2.25. The molecule has 130 valence electrons. The number of rotatable bonds is 5. The highest BCUT2D eigenvalue weighted by molar-refractivity contribution is 7.89. The summed E-state index contributed by atoms with van der Waals surface area (Å²) in [6, 6.07) is 17.0. The van der Waals surface area contributed by atoms with Gasteiger partial charge >= 0.3 is 0 Å². The van der Waals surface area contributed by atoms with Crippen molar-refractivity contribution in [3.63, 3.8) is 0 Å². The molecule has 0 bridgehead atoms. The van der Waals surface area contributed by atoms with Crippen LogP contribution in [0.5, 0.6) is 0 Å². The van der Waals surface area contributed by atoms with Crippen LogP contribution in [0.3, 0.4) is 0 Å². The fraction of sp³-hybridized carbons (Fsp3) is 0.211. The normalized spacial score (nSPS) is 13.3. The summed E-state index contributed by atoms with van der Waals surface area (Å²) in [7, 11) is -1.62. The van der Waals surface area contributed by atoms with Crippen LogP contribution in [0, 0.1) is 0 Å². The van der Waals surface area contributed by atoms with E-state index in [4.69, 9.17) is 5.14 Å². The molecule has 2 aromatic carbocycles. The summed E-state index contributed by atoms with van der Waals surface area (Å²) in [5.74, 6) is 0. The summed E-state index contributed by atoms with van der Waals surface area (Å²) in [4.78, 5) is 6.83. The second-order valence-corrected chi connectivity index (χ2v) is 7.76. The van der Waals surface area contributed by atoms with Crippen molar-refractivity contribution >= 4 is 20.9 Å². The Hall–Kier alpha value is -2.28. The lowest BCUT2D eigenvalue weighted by atomic mass is 10.1. The van der Waals surface area contributed by atoms with Gasteiger partial charge in [0.05, 0.1) is 10.4 Å². The summed E-state index contributed by atoms with van der Waals surface area (Å²) in [5.41, 5.74) is 3.20. The van der Waals surface area contributed by atoms with Crippen molar-refractivity contribution in [2.75, 3.05) is 7.05 Å². The molecule has 0 amide bonds. The molecule has 3 aromatic rings. The van der Waals surface area contributed by atoms with E-state index >= 15 is 0 Å². The Balaban J connectivity index is 1.81. The van der Waals surface area contributed by atoms with Gasteiger partial charge in [-0.25, -0.2) is 13.6 Å². The van der Waals surface area contributed by atoms with E-state index in [1.165, 1.54) is 0 Å². The average Bonchev–Trinajstić information content (AvgIpc) is 2.61. The Labute approximate surface area is 148 Å². The maximum atomic E-state index is 11.4. The minimum atomic E-state index is -3.66. The molecular formula is C19H21N3O2S. The lowest BCUT2D eigenvalue weighted by Crippen LogP contribution is -2.22. The fourth-order valence-corrected chi connectivity index (χ4v) is 3.41. The Bertz CT molecular complexity index is 980. The van der Waals surface area contributed by atoms with E-state index in [0.29, 0.717) is 0 Å². The average molecular weight is 355 g/mol. The van der Waals surface area contributed by atoms with Crippen LogP contribution in [0.4, 0.5) is 0 Å². The van der Waals surface area contributed by atoms with Crippen LogP contribution in [-0.4, -0.2) is 25.3 Å². The SMILES string of the molecule is C[C@@H](c1ccc(S(N)(=O)=O)cc1)N(C)Cc1cccc2cccnc12. The maximum absolute atomic E-state index is 11.4. The van der Waals surface area contributed by atoms with Gasteiger partial charge in [-0.2, -0.15) is 0 Å². The molecule has 0 saturated heterocycles. The number of nitrogens with zero attached hydrogens (tertiary/aromatic N) is 2. The third kappa shape index (κ3) is 3.87. The largest absolute Gasteiger partial charge is 0.295 e. The van der Waals surface area contributed by atoms with Crippen molar-refractivity contribution in [3.05, 3.63) is 71.9 Å². The molecule has 0 radical (unpaired) electrons. The summed E-state index contributed by atoms with van der Waals surface area (Å²) in [6.07, 6.45) is 1.81. The van der Waals surface area contributed by atoms with E-state index in [1.807, 2.05) is 31.3 Å². The number of hydrogen-bond donors (Lipinski definition) is 1. The third-order valence-electron chi connectivity index (χ3n) is 4.49. The maximum Gasteiger partial charge on any atom is 0.238 e. The molecule has 0 aliphatic rings. The molecule has 0 aliphatic carbocycles. The van der Waals surface area contributed by atoms with Crippen molar-refractivity contribution in [1.29, 1.82) is 0 Å². The minimum Gasteiger partial charge on any atom is -0.295 e. The predicted octanol–water partition coefficient (Wildman–Crippen LogP) is 3.08. The van der Waals surface area contributed by atoms with E-state index < -0.39 is 10.0 Å². The zero-order valence-corrected chi connectivity index (χ0v) is 15.1. The van der Waals surface area contributed by atoms with Crippen LogP contribution in [0.1, 0.15) is 24.1 Å². The first-order valence-corrected chi connectivity index (χ1v) is 9.56. The molecule has 25 heavy (non-hydrogen) atoms. The number of pyridine rings is 1. The number of hydrogen-bond acceptors (Lipinski definition) is 4. The quantitative estimate of drug-likeness (QED) is 0.763. The highest BCUT2D eigenvalue weighted by atomic mass is 32.2. The molecule has 0 saturated carbocycles. The molecule has 3 rings (SSSR count). The smallest absolute Gasteiger partial charge is 0.238 e. The molecule has 1 atom stereocenters. The Morgan fingerprint density at radius 1 is 1.08 bits per heavy atom. The van der Waals surface area contributed by atoms with Gasteiger partial charge in [0.2, 0.25) is 10.0 Å². The summed E-state index contributed by atoms with van der Waals surface area (Å²) in [5, 5.41) is 6.28. The number of aromatic nitrogens is 1. The highest BCUT2D eigenvalue weighted by Crippen LogP contribution is 2.24. The van der Waals surface area contributed by atoms with Gasteiger partial charge in [0.15, 0.2) is 0 Å². The second-order valence-electron chi connectivity index (χ2n) is 6.20. The molecule has 1 aromatic heterocycles. The Morgan fingerprint density at radius 2 is 1.76 bits per heavy atom. The first-order valence-electron chi connectivity index (χ1n) is 8.02. The summed E-state index contributed by atoms with van der Waals surface area (Å²) >= 11 is 0. The van der Waals surface area contributed by atoms with Gasteiger partial charge < -0.3 is 0 Å². The first kappa shape index (κ1) is 17.5. The molecule has 0 unspecified atom stereocenters. The van der Waals surface area contributed by atoms with Gasteiger partial charge in [-0.1, -0.05) is 36.4 Å². The third-order valence-corrected chi connectivity index (χ3v) is 5.42. The molecule has 1 heterocycles. The van der Waals surface area contributed by atoms with Crippen molar-refractivity contribution in [2.45, 2.75) is 24.4 Å². The molecule has 0 spiro atoms. The number of para-hydroxylation sites is 1. The topological polar surface area (TPSA) is 76.3 Å². The van der Waals surface area contributed by atoms with Crippen molar-refractivity contribution in [1.82, 2.24) is 9.88 Å². The zero-order chi connectivity index (χ0) is 18.0. The van der Waals surface area contributed by atoms with E-state index in [1.54, 1.807) is 18.3 Å². The van der Waals surface area contributed by atoms with E-state index in [2.05, 4.69) is 35.0 Å². The van der Waals surface area contributed by atoms with E-state index in [-0.39, 0.29) is 10.9 Å². The number of benzene rings is 2. The number of nitrogens with two attached hydrogens (primary N) is 1. The van der Waals surface area contributed by atoms with E-state index in [9.17, 15) is 8.42 Å². The molecule has 0 fully saturated rings. The van der Waals surface area contributed by atoms with Gasteiger partial charge in [-0.05, 0) is 43.3 Å². The number of fused-ring (bicyclic) bond motifs is 1. The van der Waals surface area contributed by atoms with Gasteiger partial charge in [0.1, 0.15) is 0 Å². The fourth-order valence-electron chi connectivity index (χ4n) is 2.89. The molecule has 5 nitrogen and oxygen atoms in total. The standard InChI is InChI=1S/C19H21N3O2S/c1-14(15-8-10-18(11-9-15)25(20,23)24)22(2)13-17-6-3-5-16-7-4-12-21-19(16)17/h3-12,14H,13H2,1-2H3,(H2,20,23,24)/t14-/m0/s1. The van der Waals surface area contributed by atoms with Gasteiger partial charge in [0.25, 0.3) is 0 Å². The molecular weight excluding hydrogens is 334 g/mol. The first-order chi connectivity index (χ1) is 11.9. The van der Waals surface area contributed by atoms with Crippen LogP contribution in [-0.2, 0) is 16.6 Å². The van der Waals surface area contributed by atoms with Gasteiger partial charge in [-0.3, -0.25) is 9.88 Å². The van der Waals surface area contributed by atoms with Gasteiger partial charge in [-0.15, -0.1) is 0 Å². The zero-order valence-electron chi connectivity index (χ0n) is 14.3.